The van der Waals surface area contributed by atoms with Crippen molar-refractivity contribution in [1.29, 1.82) is 0 Å². The first-order valence-electron chi connectivity index (χ1n) is 14.4. The van der Waals surface area contributed by atoms with Crippen LogP contribution >= 0.6 is 0 Å². The van der Waals surface area contributed by atoms with E-state index in [1.54, 1.807) is 46.2 Å². The molecule has 0 radical (unpaired) electrons. The summed E-state index contributed by atoms with van der Waals surface area (Å²) in [6.45, 7) is 0.365. The lowest BCUT2D eigenvalue weighted by Crippen LogP contribution is -2.66. The number of nitrogens with two attached hydrogens (primary N) is 2. The normalized spacial score (nSPS) is 18.4. The smallest absolute Gasteiger partial charge is 0.321 e. The molecule has 4 amide bonds. The van der Waals surface area contributed by atoms with Crippen molar-refractivity contribution in [3.05, 3.63) is 143 Å². The van der Waals surface area contributed by atoms with Crippen LogP contribution in [0.1, 0.15) is 49.4 Å². The van der Waals surface area contributed by atoms with E-state index in [-0.39, 0.29) is 19.1 Å². The zero-order valence-electron chi connectivity index (χ0n) is 23.9. The number of nitrogens with zero attached hydrogens (tertiary/aromatic N) is 2. The fraction of sp³-hybridized carbons (Fsp3) is 0.229. The van der Waals surface area contributed by atoms with Crippen LogP contribution in [0.15, 0.2) is 109 Å². The number of aryl methyl sites for hydroxylation is 1. The molecule has 1 aliphatic heterocycles. The lowest BCUT2D eigenvalue weighted by atomic mass is 9.88. The highest BCUT2D eigenvalue weighted by Gasteiger charge is 2.45. The van der Waals surface area contributed by atoms with Gasteiger partial charge in [0.1, 0.15) is 0 Å². The zero-order chi connectivity index (χ0) is 30.3. The standard InChI is InChI=1S/C35H36N4O4/c36-33(41)28-15-7-13-26(19-28)22-38-30(18-17-24-9-3-1-4-10-24)32(40)31(21-25-11-5-2-6-12-25)39(35(38)43)23-27-14-8-16-29(20-27)34(37)42/h1-16,19-20,30-32,40H,17-18,21-23H2,(H2,36,41)(H2,37,42)/t30-,31-,32-/m0/s1. The Morgan fingerprint density at radius 1 is 0.628 bits per heavy atom. The molecule has 0 aliphatic carbocycles. The summed E-state index contributed by atoms with van der Waals surface area (Å²) in [5.74, 6) is -1.10. The van der Waals surface area contributed by atoms with E-state index in [1.165, 1.54) is 0 Å². The Bertz CT molecular complexity index is 1580. The molecule has 0 aromatic heterocycles. The summed E-state index contributed by atoms with van der Waals surface area (Å²) in [4.78, 5) is 41.7. The molecule has 4 aromatic rings. The summed E-state index contributed by atoms with van der Waals surface area (Å²) in [6.07, 6.45) is 0.783. The molecule has 0 bridgehead atoms. The van der Waals surface area contributed by atoms with Crippen LogP contribution in [0, 0.1) is 0 Å². The van der Waals surface area contributed by atoms with Crippen molar-refractivity contribution in [1.82, 2.24) is 9.80 Å². The van der Waals surface area contributed by atoms with Gasteiger partial charge in [0.25, 0.3) is 0 Å². The Labute approximate surface area is 251 Å². The minimum absolute atomic E-state index is 0.178. The van der Waals surface area contributed by atoms with E-state index in [9.17, 15) is 19.5 Å². The topological polar surface area (TPSA) is 130 Å². The first kappa shape index (κ1) is 29.5. The lowest BCUT2D eigenvalue weighted by molar-refractivity contribution is -0.0453. The number of rotatable bonds is 11. The van der Waals surface area contributed by atoms with Crippen molar-refractivity contribution in [3.8, 4) is 0 Å². The van der Waals surface area contributed by atoms with Gasteiger partial charge in [0.2, 0.25) is 11.8 Å². The second-order valence-electron chi connectivity index (χ2n) is 11.0. The van der Waals surface area contributed by atoms with E-state index in [1.807, 2.05) is 72.8 Å². The van der Waals surface area contributed by atoms with Gasteiger partial charge in [-0.2, -0.15) is 0 Å². The molecule has 8 nitrogen and oxygen atoms in total. The van der Waals surface area contributed by atoms with Crippen molar-refractivity contribution in [2.45, 2.75) is 50.5 Å². The monoisotopic (exact) mass is 576 g/mol. The minimum Gasteiger partial charge on any atom is -0.389 e. The number of hydrogen-bond donors (Lipinski definition) is 3. The fourth-order valence-corrected chi connectivity index (χ4v) is 5.86. The number of primary amides is 2. The van der Waals surface area contributed by atoms with E-state index >= 15 is 0 Å². The highest BCUT2D eigenvalue weighted by atomic mass is 16.3. The van der Waals surface area contributed by atoms with Crippen LogP contribution in [0.3, 0.4) is 0 Å². The SMILES string of the molecule is NC(=O)c1cccc(CN2C(=O)N(Cc3cccc(C(N)=O)c3)[C@@H](Cc3ccccc3)[C@@H](O)[C@@H]2CCc2ccccc2)c1. The zero-order valence-corrected chi connectivity index (χ0v) is 23.9. The number of aliphatic hydroxyl groups is 1. The highest BCUT2D eigenvalue weighted by Crippen LogP contribution is 2.31. The minimum atomic E-state index is -0.889. The molecule has 220 valence electrons. The fourth-order valence-electron chi connectivity index (χ4n) is 5.86. The molecule has 0 unspecified atom stereocenters. The van der Waals surface area contributed by atoms with Crippen molar-refractivity contribution in [2.75, 3.05) is 0 Å². The van der Waals surface area contributed by atoms with Crippen molar-refractivity contribution in [3.63, 3.8) is 0 Å². The highest BCUT2D eigenvalue weighted by molar-refractivity contribution is 5.93. The molecule has 1 heterocycles. The van der Waals surface area contributed by atoms with E-state index in [2.05, 4.69) is 0 Å². The third kappa shape index (κ3) is 7.10. The Morgan fingerprint density at radius 3 is 1.60 bits per heavy atom. The number of carbonyl (C=O) groups excluding carboxylic acids is 3. The molecule has 1 fully saturated rings. The van der Waals surface area contributed by atoms with Gasteiger partial charge in [0.15, 0.2) is 0 Å². The van der Waals surface area contributed by atoms with Gasteiger partial charge in [-0.25, -0.2) is 4.79 Å². The van der Waals surface area contributed by atoms with Gasteiger partial charge in [-0.05, 0) is 65.8 Å². The van der Waals surface area contributed by atoms with Crippen LogP contribution in [0.4, 0.5) is 4.79 Å². The molecule has 43 heavy (non-hydrogen) atoms. The summed E-state index contributed by atoms with van der Waals surface area (Å²) < 4.78 is 0. The van der Waals surface area contributed by atoms with Gasteiger partial charge in [-0.15, -0.1) is 0 Å². The Morgan fingerprint density at radius 2 is 1.09 bits per heavy atom. The van der Waals surface area contributed by atoms with Crippen LogP contribution in [0.5, 0.6) is 0 Å². The number of aliphatic hydroxyl groups excluding tert-OH is 1. The second kappa shape index (κ2) is 13.4. The van der Waals surface area contributed by atoms with E-state index in [0.717, 1.165) is 22.3 Å². The van der Waals surface area contributed by atoms with Crippen LogP contribution < -0.4 is 11.5 Å². The summed E-state index contributed by atoms with van der Waals surface area (Å²) in [5, 5.41) is 12.1. The lowest BCUT2D eigenvalue weighted by Gasteiger charge is -2.49. The molecule has 0 spiro atoms. The molecular formula is C35H36N4O4. The first-order chi connectivity index (χ1) is 20.8. The summed E-state index contributed by atoms with van der Waals surface area (Å²) >= 11 is 0. The summed E-state index contributed by atoms with van der Waals surface area (Å²) in [6, 6.07) is 32.3. The molecule has 8 heteroatoms. The average molecular weight is 577 g/mol. The van der Waals surface area contributed by atoms with Crippen molar-refractivity contribution >= 4 is 17.8 Å². The quantitative estimate of drug-likeness (QED) is 0.246. The molecule has 1 aliphatic rings. The average Bonchev–Trinajstić information content (AvgIpc) is 3.02. The first-order valence-corrected chi connectivity index (χ1v) is 14.4. The largest absolute Gasteiger partial charge is 0.389 e. The molecular weight excluding hydrogens is 540 g/mol. The second-order valence-corrected chi connectivity index (χ2v) is 11.0. The predicted molar refractivity (Wildman–Crippen MR) is 165 cm³/mol. The Balaban J connectivity index is 1.53. The third-order valence-corrected chi connectivity index (χ3v) is 8.07. The molecule has 5 rings (SSSR count). The van der Waals surface area contributed by atoms with Gasteiger partial charge in [-0.1, -0.05) is 84.9 Å². The van der Waals surface area contributed by atoms with E-state index < -0.39 is 30.0 Å². The summed E-state index contributed by atoms with van der Waals surface area (Å²) in [7, 11) is 0. The number of hydrogen-bond acceptors (Lipinski definition) is 4. The number of benzene rings is 4. The molecule has 5 N–H and O–H groups in total. The van der Waals surface area contributed by atoms with E-state index in [0.29, 0.717) is 30.4 Å². The van der Waals surface area contributed by atoms with Gasteiger partial charge in [0.05, 0.1) is 18.2 Å². The molecule has 4 aromatic carbocycles. The number of urea groups is 1. The maximum Gasteiger partial charge on any atom is 0.321 e. The van der Waals surface area contributed by atoms with Crippen LogP contribution in [0.25, 0.3) is 0 Å². The van der Waals surface area contributed by atoms with Crippen LogP contribution in [-0.4, -0.2) is 50.9 Å². The maximum atomic E-state index is 14.5. The van der Waals surface area contributed by atoms with Gasteiger partial charge in [-0.3, -0.25) is 9.59 Å². The molecule has 0 saturated carbocycles. The summed E-state index contributed by atoms with van der Waals surface area (Å²) in [5.41, 5.74) is 15.4. The van der Waals surface area contributed by atoms with E-state index in [4.69, 9.17) is 11.5 Å². The number of carbonyl (C=O) groups is 3. The van der Waals surface area contributed by atoms with Gasteiger partial charge >= 0.3 is 6.03 Å². The van der Waals surface area contributed by atoms with Gasteiger partial charge in [0, 0.05) is 24.2 Å². The Kier molecular flexibility index (Phi) is 9.17. The third-order valence-electron chi connectivity index (χ3n) is 8.07. The van der Waals surface area contributed by atoms with Gasteiger partial charge < -0.3 is 26.4 Å². The Hall–Kier alpha value is -4.95. The van der Waals surface area contributed by atoms with Crippen molar-refractivity contribution < 1.29 is 19.5 Å². The maximum absolute atomic E-state index is 14.5. The molecule has 3 atom stereocenters. The predicted octanol–water partition coefficient (Wildman–Crippen LogP) is 4.30. The number of amides is 4. The van der Waals surface area contributed by atoms with Crippen molar-refractivity contribution in [2.24, 2.45) is 11.5 Å². The van der Waals surface area contributed by atoms with Crippen LogP contribution in [-0.2, 0) is 25.9 Å². The van der Waals surface area contributed by atoms with Crippen LogP contribution in [0.2, 0.25) is 0 Å². The molecule has 1 saturated heterocycles.